The number of aliphatic hydroxyl groups is 1. The number of carbonyl (C=O) groups excluding carboxylic acids is 1. The van der Waals surface area contributed by atoms with E-state index in [-0.39, 0.29) is 24.8 Å². The lowest BCUT2D eigenvalue weighted by Crippen LogP contribution is -2.29. The molecule has 0 saturated heterocycles. The average molecular weight is 341 g/mol. The Morgan fingerprint density at radius 1 is 1.25 bits per heavy atom. The molecular formula is C17H18F3NO3. The number of amides is 1. The van der Waals surface area contributed by atoms with E-state index in [0.717, 1.165) is 12.1 Å². The van der Waals surface area contributed by atoms with Gasteiger partial charge in [-0.2, -0.15) is 13.2 Å². The van der Waals surface area contributed by atoms with E-state index in [1.807, 2.05) is 0 Å². The van der Waals surface area contributed by atoms with Crippen LogP contribution in [0.25, 0.3) is 0 Å². The second kappa shape index (κ2) is 7.53. The molecule has 7 heteroatoms. The van der Waals surface area contributed by atoms with Crippen molar-refractivity contribution >= 4 is 5.91 Å². The van der Waals surface area contributed by atoms with Crippen LogP contribution in [-0.4, -0.2) is 17.6 Å². The molecule has 0 aliphatic carbocycles. The third kappa shape index (κ3) is 4.86. The minimum atomic E-state index is -4.37. The summed E-state index contributed by atoms with van der Waals surface area (Å²) in [6.07, 6.45) is -3.78. The Kier molecular flexibility index (Phi) is 5.66. The van der Waals surface area contributed by atoms with Crippen LogP contribution >= 0.6 is 0 Å². The SMILES string of the molecule is CC(CC(=O)NCC(O)c1ccco1)c1ccc(C(F)(F)F)cc1. The minimum absolute atomic E-state index is 0.00603. The van der Waals surface area contributed by atoms with Crippen molar-refractivity contribution in [3.05, 3.63) is 59.5 Å². The van der Waals surface area contributed by atoms with Crippen LogP contribution in [0, 0.1) is 0 Å². The summed E-state index contributed by atoms with van der Waals surface area (Å²) in [4.78, 5) is 11.9. The molecule has 0 aliphatic heterocycles. The Labute approximate surface area is 137 Å². The Bertz CT molecular complexity index is 651. The van der Waals surface area contributed by atoms with Crippen molar-refractivity contribution in [2.75, 3.05) is 6.54 Å². The van der Waals surface area contributed by atoms with Crippen molar-refractivity contribution in [2.24, 2.45) is 0 Å². The summed E-state index contributed by atoms with van der Waals surface area (Å²) in [7, 11) is 0. The normalized spacial score (nSPS) is 14.2. The molecule has 130 valence electrons. The van der Waals surface area contributed by atoms with Crippen LogP contribution in [0.5, 0.6) is 0 Å². The van der Waals surface area contributed by atoms with E-state index in [4.69, 9.17) is 4.42 Å². The predicted octanol–water partition coefficient (Wildman–Crippen LogP) is 3.64. The maximum Gasteiger partial charge on any atom is 0.416 e. The van der Waals surface area contributed by atoms with Gasteiger partial charge < -0.3 is 14.8 Å². The van der Waals surface area contributed by atoms with Gasteiger partial charge in [0.15, 0.2) is 0 Å². The number of alkyl halides is 3. The number of furan rings is 1. The first-order chi connectivity index (χ1) is 11.3. The van der Waals surface area contributed by atoms with Gasteiger partial charge in [-0.15, -0.1) is 0 Å². The lowest BCUT2D eigenvalue weighted by Gasteiger charge is -2.14. The molecule has 0 aliphatic rings. The van der Waals surface area contributed by atoms with Gasteiger partial charge in [0.05, 0.1) is 18.4 Å². The molecule has 2 rings (SSSR count). The molecule has 0 spiro atoms. The largest absolute Gasteiger partial charge is 0.467 e. The van der Waals surface area contributed by atoms with Crippen LogP contribution in [0.15, 0.2) is 47.1 Å². The molecule has 24 heavy (non-hydrogen) atoms. The van der Waals surface area contributed by atoms with Gasteiger partial charge >= 0.3 is 6.18 Å². The molecule has 1 heterocycles. The number of hydrogen-bond donors (Lipinski definition) is 2. The summed E-state index contributed by atoms with van der Waals surface area (Å²) in [5.41, 5.74) is -0.0748. The number of aliphatic hydroxyl groups excluding tert-OH is 1. The van der Waals surface area contributed by atoms with Crippen molar-refractivity contribution in [3.8, 4) is 0 Å². The number of nitrogens with one attached hydrogen (secondary N) is 1. The molecule has 2 N–H and O–H groups in total. The third-order valence-electron chi connectivity index (χ3n) is 3.66. The smallest absolute Gasteiger partial charge is 0.416 e. The van der Waals surface area contributed by atoms with Gasteiger partial charge in [-0.05, 0) is 35.7 Å². The van der Waals surface area contributed by atoms with Crippen LogP contribution < -0.4 is 5.32 Å². The quantitative estimate of drug-likeness (QED) is 0.843. The highest BCUT2D eigenvalue weighted by atomic mass is 19.4. The van der Waals surface area contributed by atoms with E-state index >= 15 is 0 Å². The summed E-state index contributed by atoms with van der Waals surface area (Å²) < 4.78 is 42.6. The molecule has 0 radical (unpaired) electrons. The average Bonchev–Trinajstić information content (AvgIpc) is 3.06. The summed E-state index contributed by atoms with van der Waals surface area (Å²) >= 11 is 0. The molecule has 2 atom stereocenters. The molecule has 1 aromatic carbocycles. The van der Waals surface area contributed by atoms with Crippen molar-refractivity contribution in [1.29, 1.82) is 0 Å². The monoisotopic (exact) mass is 341 g/mol. The van der Waals surface area contributed by atoms with Gasteiger partial charge in [0.25, 0.3) is 0 Å². The van der Waals surface area contributed by atoms with E-state index in [0.29, 0.717) is 11.3 Å². The van der Waals surface area contributed by atoms with E-state index < -0.39 is 17.8 Å². The molecule has 4 nitrogen and oxygen atoms in total. The van der Waals surface area contributed by atoms with Crippen LogP contribution in [0.4, 0.5) is 13.2 Å². The minimum Gasteiger partial charge on any atom is -0.467 e. The van der Waals surface area contributed by atoms with Gasteiger partial charge in [0.2, 0.25) is 5.91 Å². The first kappa shape index (κ1) is 18.1. The zero-order valence-corrected chi connectivity index (χ0v) is 13.0. The van der Waals surface area contributed by atoms with E-state index in [9.17, 15) is 23.1 Å². The van der Waals surface area contributed by atoms with E-state index in [1.165, 1.54) is 18.4 Å². The molecule has 1 amide bonds. The highest BCUT2D eigenvalue weighted by Gasteiger charge is 2.30. The van der Waals surface area contributed by atoms with Crippen LogP contribution in [0.3, 0.4) is 0 Å². The molecule has 0 bridgehead atoms. The molecule has 2 unspecified atom stereocenters. The first-order valence-electron chi connectivity index (χ1n) is 7.42. The van der Waals surface area contributed by atoms with Gasteiger partial charge in [-0.1, -0.05) is 19.1 Å². The van der Waals surface area contributed by atoms with Gasteiger partial charge in [-0.3, -0.25) is 4.79 Å². The van der Waals surface area contributed by atoms with Gasteiger partial charge in [0.1, 0.15) is 11.9 Å². The summed E-state index contributed by atoms with van der Waals surface area (Å²) in [5.74, 6) is -0.188. The number of carbonyl (C=O) groups is 1. The Hall–Kier alpha value is -2.28. The molecule has 0 saturated carbocycles. The number of rotatable bonds is 6. The number of benzene rings is 1. The van der Waals surface area contributed by atoms with Crippen molar-refractivity contribution < 1.29 is 27.5 Å². The Morgan fingerprint density at radius 2 is 1.92 bits per heavy atom. The maximum absolute atomic E-state index is 12.5. The zero-order valence-electron chi connectivity index (χ0n) is 13.0. The Balaban J connectivity index is 1.85. The highest BCUT2D eigenvalue weighted by molar-refractivity contribution is 5.76. The lowest BCUT2D eigenvalue weighted by atomic mass is 9.96. The number of hydrogen-bond acceptors (Lipinski definition) is 3. The fourth-order valence-corrected chi connectivity index (χ4v) is 2.26. The zero-order chi connectivity index (χ0) is 17.7. The second-order valence-electron chi connectivity index (χ2n) is 5.56. The van der Waals surface area contributed by atoms with Gasteiger partial charge in [-0.25, -0.2) is 0 Å². The fraction of sp³-hybridized carbons (Fsp3) is 0.353. The van der Waals surface area contributed by atoms with Gasteiger partial charge in [0, 0.05) is 6.42 Å². The molecular weight excluding hydrogens is 323 g/mol. The fourth-order valence-electron chi connectivity index (χ4n) is 2.26. The predicted molar refractivity (Wildman–Crippen MR) is 81.2 cm³/mol. The van der Waals surface area contributed by atoms with Crippen LogP contribution in [-0.2, 0) is 11.0 Å². The maximum atomic E-state index is 12.5. The lowest BCUT2D eigenvalue weighted by molar-refractivity contribution is -0.137. The van der Waals surface area contributed by atoms with Crippen molar-refractivity contribution in [2.45, 2.75) is 31.5 Å². The standard InChI is InChI=1S/C17H18F3NO3/c1-11(12-4-6-13(7-5-12)17(18,19)20)9-16(23)21-10-14(22)15-3-2-8-24-15/h2-8,11,14,22H,9-10H2,1H3,(H,21,23). The van der Waals surface area contributed by atoms with Crippen molar-refractivity contribution in [1.82, 2.24) is 5.32 Å². The highest BCUT2D eigenvalue weighted by Crippen LogP contribution is 2.30. The van der Waals surface area contributed by atoms with Crippen LogP contribution in [0.1, 0.15) is 42.3 Å². The molecule has 1 aromatic heterocycles. The van der Waals surface area contributed by atoms with Crippen LogP contribution in [0.2, 0.25) is 0 Å². The summed E-state index contributed by atoms with van der Waals surface area (Å²) in [6, 6.07) is 7.99. The van der Waals surface area contributed by atoms with Crippen molar-refractivity contribution in [3.63, 3.8) is 0 Å². The molecule has 0 fully saturated rings. The first-order valence-corrected chi connectivity index (χ1v) is 7.42. The topological polar surface area (TPSA) is 62.5 Å². The Morgan fingerprint density at radius 3 is 2.46 bits per heavy atom. The molecule has 2 aromatic rings. The van der Waals surface area contributed by atoms with E-state index in [1.54, 1.807) is 19.1 Å². The van der Waals surface area contributed by atoms with E-state index in [2.05, 4.69) is 5.32 Å². The second-order valence-corrected chi connectivity index (χ2v) is 5.56. The number of halogens is 3. The third-order valence-corrected chi connectivity index (χ3v) is 3.66. The summed E-state index contributed by atoms with van der Waals surface area (Å²) in [5, 5.41) is 12.4. The summed E-state index contributed by atoms with van der Waals surface area (Å²) in [6.45, 7) is 1.76.